The zero-order chi connectivity index (χ0) is 13.6. The first-order valence-electron chi connectivity index (χ1n) is 6.03. The van der Waals surface area contributed by atoms with Gasteiger partial charge in [-0.25, -0.2) is 4.79 Å². The number of hydrogen-bond donors (Lipinski definition) is 1. The third-order valence-corrected chi connectivity index (χ3v) is 2.03. The number of carbonyl (C=O) groups is 1. The van der Waals surface area contributed by atoms with Gasteiger partial charge in [-0.15, -0.1) is 0 Å². The molecular formula is C14H21NO3. The Hall–Kier alpha value is -1.71. The van der Waals surface area contributed by atoms with Gasteiger partial charge in [0, 0.05) is 0 Å². The standard InChI is InChI=1S/C14H21NO3/c1-11-6-5-7-12(10-11)17-9-8-15-13(16)18-14(2,3)4/h5-7,10H,8-9H2,1-4H3,(H,15,16). The van der Waals surface area contributed by atoms with Crippen LogP contribution in [0.1, 0.15) is 26.3 Å². The van der Waals surface area contributed by atoms with Crippen LogP contribution in [-0.4, -0.2) is 24.8 Å². The average Bonchev–Trinajstić information content (AvgIpc) is 2.22. The molecule has 4 nitrogen and oxygen atoms in total. The summed E-state index contributed by atoms with van der Waals surface area (Å²) in [4.78, 5) is 11.3. The summed E-state index contributed by atoms with van der Waals surface area (Å²) in [5.41, 5.74) is 0.675. The summed E-state index contributed by atoms with van der Waals surface area (Å²) < 4.78 is 10.6. The van der Waals surface area contributed by atoms with Crippen LogP contribution in [0.15, 0.2) is 24.3 Å². The predicted molar refractivity (Wildman–Crippen MR) is 70.9 cm³/mol. The summed E-state index contributed by atoms with van der Waals surface area (Å²) in [5, 5.41) is 2.64. The van der Waals surface area contributed by atoms with Crippen LogP contribution >= 0.6 is 0 Å². The van der Waals surface area contributed by atoms with Gasteiger partial charge in [0.25, 0.3) is 0 Å². The number of nitrogens with one attached hydrogen (secondary N) is 1. The predicted octanol–water partition coefficient (Wildman–Crippen LogP) is 2.90. The smallest absolute Gasteiger partial charge is 0.407 e. The van der Waals surface area contributed by atoms with E-state index in [2.05, 4.69) is 5.32 Å². The summed E-state index contributed by atoms with van der Waals surface area (Å²) in [5.74, 6) is 0.806. The Morgan fingerprint density at radius 2 is 2.06 bits per heavy atom. The topological polar surface area (TPSA) is 47.6 Å². The summed E-state index contributed by atoms with van der Waals surface area (Å²) in [6.45, 7) is 8.33. The fraction of sp³-hybridized carbons (Fsp3) is 0.500. The average molecular weight is 251 g/mol. The van der Waals surface area contributed by atoms with E-state index in [0.29, 0.717) is 13.2 Å². The highest BCUT2D eigenvalue weighted by Gasteiger charge is 2.15. The van der Waals surface area contributed by atoms with Crippen molar-refractivity contribution in [3.8, 4) is 5.75 Å². The third kappa shape index (κ3) is 6.13. The molecule has 0 aliphatic heterocycles. The van der Waals surface area contributed by atoms with E-state index in [4.69, 9.17) is 9.47 Å². The molecule has 0 unspecified atom stereocenters. The molecule has 1 amide bonds. The lowest BCUT2D eigenvalue weighted by Crippen LogP contribution is -2.34. The first-order chi connectivity index (χ1) is 8.37. The quantitative estimate of drug-likeness (QED) is 0.837. The van der Waals surface area contributed by atoms with Crippen molar-refractivity contribution >= 4 is 6.09 Å². The van der Waals surface area contributed by atoms with Crippen LogP contribution in [0.5, 0.6) is 5.75 Å². The number of carbonyl (C=O) groups excluding carboxylic acids is 1. The number of aryl methyl sites for hydroxylation is 1. The normalized spacial score (nSPS) is 10.9. The molecule has 0 aromatic heterocycles. The number of hydrogen-bond acceptors (Lipinski definition) is 3. The first kappa shape index (κ1) is 14.4. The molecule has 1 rings (SSSR count). The van der Waals surface area contributed by atoms with Crippen molar-refractivity contribution < 1.29 is 14.3 Å². The van der Waals surface area contributed by atoms with Crippen molar-refractivity contribution in [2.75, 3.05) is 13.2 Å². The maximum absolute atomic E-state index is 11.3. The highest BCUT2D eigenvalue weighted by Crippen LogP contribution is 2.11. The molecule has 1 aromatic rings. The number of rotatable bonds is 4. The van der Waals surface area contributed by atoms with E-state index in [1.807, 2.05) is 52.0 Å². The van der Waals surface area contributed by atoms with Gasteiger partial charge in [-0.05, 0) is 45.4 Å². The zero-order valence-electron chi connectivity index (χ0n) is 11.4. The summed E-state index contributed by atoms with van der Waals surface area (Å²) in [7, 11) is 0. The van der Waals surface area contributed by atoms with E-state index in [0.717, 1.165) is 11.3 Å². The van der Waals surface area contributed by atoms with Gasteiger partial charge in [0.05, 0.1) is 6.54 Å². The van der Waals surface area contributed by atoms with E-state index < -0.39 is 11.7 Å². The van der Waals surface area contributed by atoms with Crippen molar-refractivity contribution in [1.29, 1.82) is 0 Å². The maximum Gasteiger partial charge on any atom is 0.407 e. The van der Waals surface area contributed by atoms with Crippen LogP contribution < -0.4 is 10.1 Å². The molecule has 1 aromatic carbocycles. The van der Waals surface area contributed by atoms with Crippen molar-refractivity contribution in [3.05, 3.63) is 29.8 Å². The zero-order valence-corrected chi connectivity index (χ0v) is 11.4. The molecule has 0 aliphatic carbocycles. The lowest BCUT2D eigenvalue weighted by atomic mass is 10.2. The fourth-order valence-corrected chi connectivity index (χ4v) is 1.34. The van der Waals surface area contributed by atoms with Crippen molar-refractivity contribution in [1.82, 2.24) is 5.32 Å². The van der Waals surface area contributed by atoms with Crippen molar-refractivity contribution in [2.45, 2.75) is 33.3 Å². The Kier molecular flexibility index (Phi) is 5.01. The second-order valence-corrected chi connectivity index (χ2v) is 5.09. The van der Waals surface area contributed by atoms with Crippen LogP contribution in [-0.2, 0) is 4.74 Å². The Balaban J connectivity index is 2.21. The second kappa shape index (κ2) is 6.28. The molecule has 0 aliphatic rings. The molecule has 0 saturated carbocycles. The minimum absolute atomic E-state index is 0.419. The van der Waals surface area contributed by atoms with Gasteiger partial charge in [0.2, 0.25) is 0 Å². The van der Waals surface area contributed by atoms with Gasteiger partial charge in [-0.3, -0.25) is 0 Å². The van der Waals surface area contributed by atoms with Crippen molar-refractivity contribution in [3.63, 3.8) is 0 Å². The first-order valence-corrected chi connectivity index (χ1v) is 6.03. The van der Waals surface area contributed by atoms with Crippen LogP contribution in [0.4, 0.5) is 4.79 Å². The van der Waals surface area contributed by atoms with E-state index in [1.165, 1.54) is 0 Å². The van der Waals surface area contributed by atoms with Gasteiger partial charge in [-0.2, -0.15) is 0 Å². The number of benzene rings is 1. The molecule has 1 N–H and O–H groups in total. The Morgan fingerprint density at radius 3 is 2.67 bits per heavy atom. The lowest BCUT2D eigenvalue weighted by Gasteiger charge is -2.19. The summed E-state index contributed by atoms with van der Waals surface area (Å²) in [6, 6.07) is 7.78. The summed E-state index contributed by atoms with van der Waals surface area (Å²) in [6.07, 6.45) is -0.421. The molecular weight excluding hydrogens is 230 g/mol. The Labute approximate surface area is 108 Å². The van der Waals surface area contributed by atoms with E-state index in [9.17, 15) is 4.79 Å². The highest BCUT2D eigenvalue weighted by atomic mass is 16.6. The molecule has 0 fully saturated rings. The van der Waals surface area contributed by atoms with Gasteiger partial charge in [0.15, 0.2) is 0 Å². The molecule has 18 heavy (non-hydrogen) atoms. The monoisotopic (exact) mass is 251 g/mol. The summed E-state index contributed by atoms with van der Waals surface area (Å²) >= 11 is 0. The molecule has 0 heterocycles. The number of alkyl carbamates (subject to hydrolysis) is 1. The minimum Gasteiger partial charge on any atom is -0.492 e. The molecule has 0 radical (unpaired) electrons. The molecule has 4 heteroatoms. The van der Waals surface area contributed by atoms with Crippen LogP contribution in [0.2, 0.25) is 0 Å². The Morgan fingerprint density at radius 1 is 1.33 bits per heavy atom. The highest BCUT2D eigenvalue weighted by molar-refractivity contribution is 5.67. The van der Waals surface area contributed by atoms with Gasteiger partial charge in [0.1, 0.15) is 18.0 Å². The number of amides is 1. The van der Waals surface area contributed by atoms with E-state index >= 15 is 0 Å². The molecule has 0 atom stereocenters. The van der Waals surface area contributed by atoms with Crippen LogP contribution in [0, 0.1) is 6.92 Å². The lowest BCUT2D eigenvalue weighted by molar-refractivity contribution is 0.0520. The van der Waals surface area contributed by atoms with Crippen molar-refractivity contribution in [2.24, 2.45) is 0 Å². The van der Waals surface area contributed by atoms with Crippen LogP contribution in [0.3, 0.4) is 0 Å². The minimum atomic E-state index is -0.471. The fourth-order valence-electron chi connectivity index (χ4n) is 1.34. The van der Waals surface area contributed by atoms with Gasteiger partial charge < -0.3 is 14.8 Å². The maximum atomic E-state index is 11.3. The third-order valence-electron chi connectivity index (χ3n) is 2.03. The molecule has 0 bridgehead atoms. The van der Waals surface area contributed by atoms with Crippen LogP contribution in [0.25, 0.3) is 0 Å². The second-order valence-electron chi connectivity index (χ2n) is 5.09. The Bertz CT molecular complexity index is 396. The van der Waals surface area contributed by atoms with Gasteiger partial charge in [-0.1, -0.05) is 12.1 Å². The molecule has 100 valence electrons. The number of ether oxygens (including phenoxy) is 2. The molecule has 0 saturated heterocycles. The molecule has 0 spiro atoms. The van der Waals surface area contributed by atoms with E-state index in [1.54, 1.807) is 0 Å². The SMILES string of the molecule is Cc1cccc(OCCNC(=O)OC(C)(C)C)c1. The van der Waals surface area contributed by atoms with Gasteiger partial charge >= 0.3 is 6.09 Å². The van der Waals surface area contributed by atoms with E-state index in [-0.39, 0.29) is 0 Å². The largest absolute Gasteiger partial charge is 0.492 e.